The van der Waals surface area contributed by atoms with Crippen molar-refractivity contribution in [1.29, 1.82) is 0 Å². The maximum Gasteiger partial charge on any atom is 0.0901 e. The van der Waals surface area contributed by atoms with Gasteiger partial charge in [0, 0.05) is 10.9 Å². The quantitative estimate of drug-likeness (QED) is 0.739. The van der Waals surface area contributed by atoms with Gasteiger partial charge in [0.05, 0.1) is 10.7 Å². The van der Waals surface area contributed by atoms with Crippen molar-refractivity contribution < 1.29 is 0 Å². The van der Waals surface area contributed by atoms with Crippen molar-refractivity contribution in [2.45, 2.75) is 33.6 Å². The topological polar surface area (TPSA) is 12.9 Å². The zero-order valence-electron chi connectivity index (χ0n) is 10.2. The SMILES string of the molecule is Cc1nc(-c2cc(C(C)C)ccc2C)cs1. The van der Waals surface area contributed by atoms with Crippen molar-refractivity contribution in [3.05, 3.63) is 39.7 Å². The van der Waals surface area contributed by atoms with Crippen molar-refractivity contribution in [1.82, 2.24) is 4.98 Å². The number of hydrogen-bond acceptors (Lipinski definition) is 2. The molecule has 1 aromatic heterocycles. The third-order valence-corrected chi connectivity index (χ3v) is 3.60. The second-order valence-corrected chi connectivity index (χ2v) is 5.54. The van der Waals surface area contributed by atoms with Gasteiger partial charge >= 0.3 is 0 Å². The minimum atomic E-state index is 0.569. The monoisotopic (exact) mass is 231 g/mol. The minimum Gasteiger partial charge on any atom is -0.242 e. The summed E-state index contributed by atoms with van der Waals surface area (Å²) in [7, 11) is 0. The molecular weight excluding hydrogens is 214 g/mol. The molecule has 0 fully saturated rings. The summed E-state index contributed by atoms with van der Waals surface area (Å²) in [5, 5.41) is 3.27. The largest absolute Gasteiger partial charge is 0.242 e. The van der Waals surface area contributed by atoms with Gasteiger partial charge in [-0.1, -0.05) is 26.0 Å². The molecule has 0 unspecified atom stereocenters. The van der Waals surface area contributed by atoms with Crippen LogP contribution in [0.25, 0.3) is 11.3 Å². The summed E-state index contributed by atoms with van der Waals surface area (Å²) < 4.78 is 0. The Labute approximate surface area is 101 Å². The van der Waals surface area contributed by atoms with Gasteiger partial charge in [0.1, 0.15) is 0 Å². The standard InChI is InChI=1S/C14H17NS/c1-9(2)12-6-5-10(3)13(7-12)14-8-16-11(4)15-14/h5-9H,1-4H3. The van der Waals surface area contributed by atoms with E-state index in [2.05, 4.69) is 56.3 Å². The molecule has 0 aliphatic rings. The molecule has 0 N–H and O–H groups in total. The zero-order valence-corrected chi connectivity index (χ0v) is 11.1. The van der Waals surface area contributed by atoms with Crippen molar-refractivity contribution in [3.8, 4) is 11.3 Å². The number of thiazole rings is 1. The molecule has 2 aromatic rings. The van der Waals surface area contributed by atoms with E-state index >= 15 is 0 Å². The van der Waals surface area contributed by atoms with Crippen LogP contribution in [0.1, 0.15) is 35.9 Å². The van der Waals surface area contributed by atoms with Gasteiger partial charge < -0.3 is 0 Å². The fourth-order valence-corrected chi connectivity index (χ4v) is 2.37. The molecule has 0 amide bonds. The number of nitrogens with zero attached hydrogens (tertiary/aromatic N) is 1. The van der Waals surface area contributed by atoms with Crippen LogP contribution in [-0.4, -0.2) is 4.98 Å². The second-order valence-electron chi connectivity index (χ2n) is 4.48. The van der Waals surface area contributed by atoms with Gasteiger partial charge in [0.15, 0.2) is 0 Å². The van der Waals surface area contributed by atoms with Crippen molar-refractivity contribution >= 4 is 11.3 Å². The molecule has 0 aliphatic carbocycles. The van der Waals surface area contributed by atoms with Crippen LogP contribution < -0.4 is 0 Å². The Hall–Kier alpha value is -1.15. The lowest BCUT2D eigenvalue weighted by Gasteiger charge is -2.09. The van der Waals surface area contributed by atoms with E-state index < -0.39 is 0 Å². The summed E-state index contributed by atoms with van der Waals surface area (Å²) in [6.45, 7) is 8.64. The second kappa shape index (κ2) is 4.38. The highest BCUT2D eigenvalue weighted by Crippen LogP contribution is 2.28. The fraction of sp³-hybridized carbons (Fsp3) is 0.357. The first kappa shape index (κ1) is 11.3. The molecule has 0 radical (unpaired) electrons. The molecule has 1 aromatic carbocycles. The van der Waals surface area contributed by atoms with Gasteiger partial charge in [-0.05, 0) is 37.0 Å². The van der Waals surface area contributed by atoms with E-state index in [1.54, 1.807) is 11.3 Å². The van der Waals surface area contributed by atoms with Gasteiger partial charge in [-0.15, -0.1) is 11.3 Å². The third-order valence-electron chi connectivity index (χ3n) is 2.82. The van der Waals surface area contributed by atoms with Gasteiger partial charge in [-0.3, -0.25) is 0 Å². The first-order chi connectivity index (χ1) is 7.58. The summed E-state index contributed by atoms with van der Waals surface area (Å²) in [6, 6.07) is 6.68. The van der Waals surface area contributed by atoms with Gasteiger partial charge in [-0.25, -0.2) is 4.98 Å². The molecule has 2 rings (SSSR count). The van der Waals surface area contributed by atoms with Crippen molar-refractivity contribution in [2.24, 2.45) is 0 Å². The van der Waals surface area contributed by atoms with E-state index in [1.165, 1.54) is 16.7 Å². The number of hydrogen-bond donors (Lipinski definition) is 0. The Balaban J connectivity index is 2.51. The number of aromatic nitrogens is 1. The summed E-state index contributed by atoms with van der Waals surface area (Å²) in [5.74, 6) is 0.569. The molecule has 0 saturated heterocycles. The van der Waals surface area contributed by atoms with Gasteiger partial charge in [-0.2, -0.15) is 0 Å². The summed E-state index contributed by atoms with van der Waals surface area (Å²) >= 11 is 1.71. The molecule has 2 heteroatoms. The Kier molecular flexibility index (Phi) is 3.10. The predicted molar refractivity (Wildman–Crippen MR) is 71.1 cm³/mol. The Morgan fingerprint density at radius 2 is 1.94 bits per heavy atom. The molecule has 0 saturated carbocycles. The fourth-order valence-electron chi connectivity index (χ4n) is 1.76. The first-order valence-corrected chi connectivity index (χ1v) is 6.49. The highest BCUT2D eigenvalue weighted by Gasteiger charge is 2.08. The van der Waals surface area contributed by atoms with E-state index in [4.69, 9.17) is 0 Å². The first-order valence-electron chi connectivity index (χ1n) is 5.61. The van der Waals surface area contributed by atoms with E-state index in [0.717, 1.165) is 10.7 Å². The predicted octanol–water partition coefficient (Wildman–Crippen LogP) is 4.55. The number of benzene rings is 1. The Bertz CT molecular complexity index is 497. The van der Waals surface area contributed by atoms with Crippen LogP contribution in [0.5, 0.6) is 0 Å². The molecule has 0 atom stereocenters. The molecule has 1 nitrogen and oxygen atoms in total. The number of rotatable bonds is 2. The lowest BCUT2D eigenvalue weighted by Crippen LogP contribution is -1.91. The van der Waals surface area contributed by atoms with Crippen LogP contribution in [-0.2, 0) is 0 Å². The normalized spacial score (nSPS) is 11.1. The Morgan fingerprint density at radius 1 is 1.19 bits per heavy atom. The summed E-state index contributed by atoms with van der Waals surface area (Å²) in [5.41, 5.74) is 5.07. The van der Waals surface area contributed by atoms with E-state index in [9.17, 15) is 0 Å². The lowest BCUT2D eigenvalue weighted by atomic mass is 9.97. The number of aryl methyl sites for hydroxylation is 2. The summed E-state index contributed by atoms with van der Waals surface area (Å²) in [4.78, 5) is 4.56. The smallest absolute Gasteiger partial charge is 0.0901 e. The van der Waals surface area contributed by atoms with Gasteiger partial charge in [0.2, 0.25) is 0 Å². The molecule has 0 spiro atoms. The third kappa shape index (κ3) is 2.17. The van der Waals surface area contributed by atoms with Crippen LogP contribution >= 0.6 is 11.3 Å². The lowest BCUT2D eigenvalue weighted by molar-refractivity contribution is 0.866. The zero-order chi connectivity index (χ0) is 11.7. The molecule has 16 heavy (non-hydrogen) atoms. The van der Waals surface area contributed by atoms with Crippen LogP contribution in [0.4, 0.5) is 0 Å². The van der Waals surface area contributed by atoms with E-state index in [-0.39, 0.29) is 0 Å². The average Bonchev–Trinajstić information content (AvgIpc) is 2.65. The van der Waals surface area contributed by atoms with Gasteiger partial charge in [0.25, 0.3) is 0 Å². The average molecular weight is 231 g/mol. The van der Waals surface area contributed by atoms with Crippen molar-refractivity contribution in [2.75, 3.05) is 0 Å². The maximum absolute atomic E-state index is 4.56. The summed E-state index contributed by atoms with van der Waals surface area (Å²) in [6.07, 6.45) is 0. The molecular formula is C14H17NS. The Morgan fingerprint density at radius 3 is 2.50 bits per heavy atom. The highest BCUT2D eigenvalue weighted by molar-refractivity contribution is 7.09. The van der Waals surface area contributed by atoms with E-state index in [0.29, 0.717) is 5.92 Å². The van der Waals surface area contributed by atoms with Crippen molar-refractivity contribution in [3.63, 3.8) is 0 Å². The van der Waals surface area contributed by atoms with Crippen LogP contribution in [0.2, 0.25) is 0 Å². The molecule has 0 aliphatic heterocycles. The van der Waals surface area contributed by atoms with Crippen LogP contribution in [0.15, 0.2) is 23.6 Å². The van der Waals surface area contributed by atoms with E-state index in [1.807, 2.05) is 0 Å². The van der Waals surface area contributed by atoms with Crippen LogP contribution in [0.3, 0.4) is 0 Å². The highest BCUT2D eigenvalue weighted by atomic mass is 32.1. The minimum absolute atomic E-state index is 0.569. The molecule has 0 bridgehead atoms. The molecule has 84 valence electrons. The maximum atomic E-state index is 4.56. The molecule has 1 heterocycles. The van der Waals surface area contributed by atoms with Crippen LogP contribution in [0, 0.1) is 13.8 Å².